The number of hydrogen-bond acceptors (Lipinski definition) is 2. The normalized spacial score (nSPS) is 15.9. The van der Waals surface area contributed by atoms with Crippen LogP contribution in [0.1, 0.15) is 34.1 Å². The molecule has 0 aliphatic carbocycles. The number of allylic oxidation sites excluding steroid dienone is 3. The van der Waals surface area contributed by atoms with Crippen LogP contribution in [0.2, 0.25) is 0 Å². The van der Waals surface area contributed by atoms with E-state index >= 15 is 0 Å². The second-order valence-corrected chi connectivity index (χ2v) is 4.74. The van der Waals surface area contributed by atoms with E-state index < -0.39 is 0 Å². The van der Waals surface area contributed by atoms with Crippen molar-refractivity contribution >= 4 is 5.91 Å². The van der Waals surface area contributed by atoms with Gasteiger partial charge in [-0.05, 0) is 26.2 Å². The van der Waals surface area contributed by atoms with Crippen molar-refractivity contribution in [3.05, 3.63) is 24.3 Å². The van der Waals surface area contributed by atoms with Crippen LogP contribution in [0.15, 0.2) is 24.3 Å². The minimum atomic E-state index is -0.314. The van der Waals surface area contributed by atoms with E-state index in [0.717, 1.165) is 6.42 Å². The van der Waals surface area contributed by atoms with Crippen LogP contribution in [0.4, 0.5) is 0 Å². The molecule has 0 aromatic carbocycles. The third-order valence-electron chi connectivity index (χ3n) is 2.29. The fourth-order valence-electron chi connectivity index (χ4n) is 1.68. The molecular formula is C13H24N2O. The first kappa shape index (κ1) is 14.9. The van der Waals surface area contributed by atoms with Gasteiger partial charge in [-0.1, -0.05) is 32.1 Å². The zero-order chi connectivity index (χ0) is 12.6. The lowest BCUT2D eigenvalue weighted by Gasteiger charge is -2.30. The van der Waals surface area contributed by atoms with Crippen molar-refractivity contribution in [1.82, 2.24) is 5.32 Å². The fraction of sp³-hybridized carbons (Fsp3) is 0.615. The van der Waals surface area contributed by atoms with Crippen molar-refractivity contribution in [1.29, 1.82) is 0 Å². The maximum atomic E-state index is 11.6. The molecule has 1 amide bonds. The Labute approximate surface area is 98.8 Å². The van der Waals surface area contributed by atoms with Gasteiger partial charge in [0.25, 0.3) is 0 Å². The molecule has 0 saturated carbocycles. The topological polar surface area (TPSA) is 55.1 Å². The second-order valence-electron chi connectivity index (χ2n) is 4.74. The molecule has 1 atom stereocenters. The first-order valence-corrected chi connectivity index (χ1v) is 5.75. The summed E-state index contributed by atoms with van der Waals surface area (Å²) in [6.07, 6.45) is 7.82. The molecule has 0 aromatic heterocycles. The van der Waals surface area contributed by atoms with E-state index in [2.05, 4.69) is 19.2 Å². The van der Waals surface area contributed by atoms with Crippen LogP contribution < -0.4 is 11.1 Å². The van der Waals surface area contributed by atoms with Gasteiger partial charge in [-0.3, -0.25) is 4.79 Å². The molecule has 1 unspecified atom stereocenters. The van der Waals surface area contributed by atoms with Gasteiger partial charge in [-0.15, -0.1) is 0 Å². The third kappa shape index (κ3) is 6.40. The first-order valence-electron chi connectivity index (χ1n) is 5.75. The van der Waals surface area contributed by atoms with Crippen LogP contribution in [0.3, 0.4) is 0 Å². The maximum Gasteiger partial charge on any atom is 0.244 e. The van der Waals surface area contributed by atoms with Gasteiger partial charge in [-0.2, -0.15) is 0 Å². The summed E-state index contributed by atoms with van der Waals surface area (Å²) in [5.74, 6) is 0.417. The highest BCUT2D eigenvalue weighted by Crippen LogP contribution is 2.14. The van der Waals surface area contributed by atoms with E-state index in [1.54, 1.807) is 6.08 Å². The van der Waals surface area contributed by atoms with Crippen molar-refractivity contribution in [3.63, 3.8) is 0 Å². The van der Waals surface area contributed by atoms with E-state index in [1.165, 1.54) is 6.08 Å². The van der Waals surface area contributed by atoms with Gasteiger partial charge < -0.3 is 11.1 Å². The molecule has 0 heterocycles. The zero-order valence-corrected chi connectivity index (χ0v) is 10.8. The molecule has 0 aromatic rings. The van der Waals surface area contributed by atoms with Gasteiger partial charge in [0.15, 0.2) is 0 Å². The van der Waals surface area contributed by atoms with Gasteiger partial charge >= 0.3 is 0 Å². The van der Waals surface area contributed by atoms with Crippen LogP contribution in [0.25, 0.3) is 0 Å². The number of hydrogen-bond donors (Lipinski definition) is 2. The highest BCUT2D eigenvalue weighted by atomic mass is 16.1. The maximum absolute atomic E-state index is 11.6. The van der Waals surface area contributed by atoms with Crippen LogP contribution in [0, 0.1) is 5.92 Å². The molecule has 0 aliphatic rings. The van der Waals surface area contributed by atoms with Crippen LogP contribution in [0.5, 0.6) is 0 Å². The number of nitrogens with one attached hydrogen (secondary N) is 1. The molecule has 0 aliphatic heterocycles. The van der Waals surface area contributed by atoms with Gasteiger partial charge in [0.05, 0.1) is 0 Å². The number of carbonyl (C=O) groups excluding carboxylic acids is 1. The lowest BCUT2D eigenvalue weighted by atomic mass is 9.91. The monoisotopic (exact) mass is 224 g/mol. The van der Waals surface area contributed by atoms with E-state index in [1.807, 2.05) is 26.0 Å². The van der Waals surface area contributed by atoms with E-state index in [9.17, 15) is 4.79 Å². The summed E-state index contributed by atoms with van der Waals surface area (Å²) in [5, 5.41) is 2.95. The number of amides is 1. The highest BCUT2D eigenvalue weighted by Gasteiger charge is 2.24. The first-order chi connectivity index (χ1) is 7.43. The third-order valence-corrected chi connectivity index (χ3v) is 2.29. The molecular weight excluding hydrogens is 200 g/mol. The second kappa shape index (κ2) is 7.23. The Hall–Kier alpha value is -1.09. The molecule has 0 spiro atoms. The van der Waals surface area contributed by atoms with Gasteiger partial charge in [0.1, 0.15) is 0 Å². The molecule has 0 rings (SSSR count). The number of rotatable bonds is 6. The van der Waals surface area contributed by atoms with Crippen molar-refractivity contribution in [2.75, 3.05) is 6.54 Å². The Bertz CT molecular complexity index is 269. The van der Waals surface area contributed by atoms with Crippen molar-refractivity contribution in [2.24, 2.45) is 11.7 Å². The Morgan fingerprint density at radius 2 is 2.06 bits per heavy atom. The average Bonchev–Trinajstić information content (AvgIpc) is 2.16. The molecule has 0 saturated heterocycles. The van der Waals surface area contributed by atoms with Gasteiger partial charge in [-0.25, -0.2) is 0 Å². The predicted octanol–water partition coefficient (Wildman–Crippen LogP) is 2.00. The van der Waals surface area contributed by atoms with E-state index in [4.69, 9.17) is 5.73 Å². The molecule has 3 nitrogen and oxygen atoms in total. The average molecular weight is 224 g/mol. The van der Waals surface area contributed by atoms with E-state index in [-0.39, 0.29) is 11.4 Å². The summed E-state index contributed by atoms with van der Waals surface area (Å²) < 4.78 is 0. The highest BCUT2D eigenvalue weighted by molar-refractivity contribution is 5.88. The summed E-state index contributed by atoms with van der Waals surface area (Å²) in [7, 11) is 0. The summed E-state index contributed by atoms with van der Waals surface area (Å²) in [6, 6.07) is 0. The van der Waals surface area contributed by atoms with Gasteiger partial charge in [0, 0.05) is 18.2 Å². The largest absolute Gasteiger partial charge is 0.346 e. The Balaban J connectivity index is 4.36. The molecule has 3 heteroatoms. The van der Waals surface area contributed by atoms with Crippen LogP contribution in [-0.2, 0) is 4.79 Å². The SMILES string of the molecule is CC=CC=CC(=O)NC(C)(CN)CC(C)C. The standard InChI is InChI=1S/C13H24N2O/c1-5-6-7-8-12(16)15-13(4,10-14)9-11(2)3/h5-8,11H,9-10,14H2,1-4H3,(H,15,16). The molecule has 0 radical (unpaired) electrons. The Morgan fingerprint density at radius 1 is 1.44 bits per heavy atom. The molecule has 0 fully saturated rings. The summed E-state index contributed by atoms with van der Waals surface area (Å²) in [6.45, 7) is 8.58. The zero-order valence-electron chi connectivity index (χ0n) is 10.8. The number of carbonyl (C=O) groups is 1. The van der Waals surface area contributed by atoms with Crippen molar-refractivity contribution < 1.29 is 4.79 Å². The fourth-order valence-corrected chi connectivity index (χ4v) is 1.68. The quantitative estimate of drug-likeness (QED) is 0.535. The lowest BCUT2D eigenvalue weighted by molar-refractivity contribution is -0.118. The predicted molar refractivity (Wildman–Crippen MR) is 69.0 cm³/mol. The molecule has 0 bridgehead atoms. The molecule has 3 N–H and O–H groups in total. The lowest BCUT2D eigenvalue weighted by Crippen LogP contribution is -2.51. The molecule has 92 valence electrons. The van der Waals surface area contributed by atoms with E-state index in [0.29, 0.717) is 12.5 Å². The van der Waals surface area contributed by atoms with Gasteiger partial charge in [0.2, 0.25) is 5.91 Å². The van der Waals surface area contributed by atoms with Crippen molar-refractivity contribution in [3.8, 4) is 0 Å². The summed E-state index contributed by atoms with van der Waals surface area (Å²) in [4.78, 5) is 11.6. The van der Waals surface area contributed by atoms with Crippen molar-refractivity contribution in [2.45, 2.75) is 39.7 Å². The Morgan fingerprint density at radius 3 is 2.50 bits per heavy atom. The minimum absolute atomic E-state index is 0.0910. The Kier molecular flexibility index (Phi) is 6.74. The number of nitrogens with two attached hydrogens (primary N) is 1. The smallest absolute Gasteiger partial charge is 0.244 e. The molecule has 16 heavy (non-hydrogen) atoms. The minimum Gasteiger partial charge on any atom is -0.346 e. The summed E-state index contributed by atoms with van der Waals surface area (Å²) >= 11 is 0. The summed E-state index contributed by atoms with van der Waals surface area (Å²) in [5.41, 5.74) is 5.39. The van der Waals surface area contributed by atoms with Crippen LogP contribution >= 0.6 is 0 Å². The van der Waals surface area contributed by atoms with Crippen LogP contribution in [-0.4, -0.2) is 18.0 Å².